The van der Waals surface area contributed by atoms with Crippen molar-refractivity contribution in [2.75, 3.05) is 18.5 Å². The number of amides is 1. The van der Waals surface area contributed by atoms with E-state index in [-0.39, 0.29) is 12.0 Å². The van der Waals surface area contributed by atoms with Gasteiger partial charge in [-0.25, -0.2) is 0 Å². The van der Waals surface area contributed by atoms with Gasteiger partial charge in [0.15, 0.2) is 0 Å². The molecule has 0 radical (unpaired) electrons. The highest BCUT2D eigenvalue weighted by molar-refractivity contribution is 6.04. The third kappa shape index (κ3) is 4.15. The number of hydrogen-bond donors (Lipinski definition) is 1. The molecule has 1 N–H and O–H groups in total. The molecule has 4 heteroatoms. The van der Waals surface area contributed by atoms with Crippen molar-refractivity contribution in [2.24, 2.45) is 0 Å². The van der Waals surface area contributed by atoms with Crippen molar-refractivity contribution in [3.63, 3.8) is 0 Å². The lowest BCUT2D eigenvalue weighted by atomic mass is 10.1. The van der Waals surface area contributed by atoms with Gasteiger partial charge in [-0.1, -0.05) is 17.7 Å². The Labute approximate surface area is 142 Å². The van der Waals surface area contributed by atoms with E-state index in [0.29, 0.717) is 12.2 Å². The number of aryl methyl sites for hydroxylation is 2. The number of carbonyl (C=O) groups excluding carboxylic acids is 1. The van der Waals surface area contributed by atoms with Gasteiger partial charge in [0.05, 0.1) is 6.10 Å². The lowest BCUT2D eigenvalue weighted by Crippen LogP contribution is -2.16. The van der Waals surface area contributed by atoms with Gasteiger partial charge < -0.3 is 14.8 Å². The molecular weight excluding hydrogens is 302 g/mol. The largest absolute Gasteiger partial charge is 0.491 e. The minimum Gasteiger partial charge on any atom is -0.491 e. The van der Waals surface area contributed by atoms with E-state index < -0.39 is 0 Å². The molecule has 0 spiro atoms. The maximum absolute atomic E-state index is 12.4. The first-order valence-corrected chi connectivity index (χ1v) is 8.35. The van der Waals surface area contributed by atoms with Gasteiger partial charge in [-0.05, 0) is 62.6 Å². The fraction of sp³-hybridized carbons (Fsp3) is 0.350. The van der Waals surface area contributed by atoms with E-state index in [2.05, 4.69) is 11.4 Å². The van der Waals surface area contributed by atoms with Crippen LogP contribution in [0.2, 0.25) is 0 Å². The summed E-state index contributed by atoms with van der Waals surface area (Å²) in [4.78, 5) is 12.4. The Hall–Kier alpha value is -2.33. The fourth-order valence-electron chi connectivity index (χ4n) is 2.82. The summed E-state index contributed by atoms with van der Waals surface area (Å²) in [5.41, 5.74) is 3.68. The summed E-state index contributed by atoms with van der Waals surface area (Å²) in [6.45, 7) is 5.41. The second kappa shape index (κ2) is 7.49. The van der Waals surface area contributed by atoms with Crippen molar-refractivity contribution >= 4 is 11.6 Å². The zero-order chi connectivity index (χ0) is 16.9. The van der Waals surface area contributed by atoms with Crippen molar-refractivity contribution in [3.8, 4) is 5.75 Å². The van der Waals surface area contributed by atoms with E-state index in [4.69, 9.17) is 9.47 Å². The first-order chi connectivity index (χ1) is 11.6. The predicted octanol–water partition coefficient (Wildman–Crippen LogP) is 4.11. The minimum atomic E-state index is -0.118. The molecule has 24 heavy (non-hydrogen) atoms. The first-order valence-electron chi connectivity index (χ1n) is 8.35. The molecular formula is C20H23NO3. The molecule has 0 bridgehead atoms. The molecule has 1 aliphatic rings. The quantitative estimate of drug-likeness (QED) is 0.900. The van der Waals surface area contributed by atoms with Crippen LogP contribution in [0.3, 0.4) is 0 Å². The summed E-state index contributed by atoms with van der Waals surface area (Å²) < 4.78 is 11.3. The third-order valence-corrected chi connectivity index (χ3v) is 4.21. The Morgan fingerprint density at radius 3 is 2.67 bits per heavy atom. The molecule has 1 saturated heterocycles. The Morgan fingerprint density at radius 2 is 2.00 bits per heavy atom. The number of anilines is 1. The van der Waals surface area contributed by atoms with Crippen molar-refractivity contribution in [2.45, 2.75) is 32.8 Å². The van der Waals surface area contributed by atoms with E-state index in [1.165, 1.54) is 5.56 Å². The number of rotatable bonds is 5. The van der Waals surface area contributed by atoms with Crippen LogP contribution >= 0.6 is 0 Å². The zero-order valence-corrected chi connectivity index (χ0v) is 14.2. The number of carbonyl (C=O) groups is 1. The van der Waals surface area contributed by atoms with Gasteiger partial charge >= 0.3 is 0 Å². The van der Waals surface area contributed by atoms with Gasteiger partial charge in [0.2, 0.25) is 0 Å². The average Bonchev–Trinajstić information content (AvgIpc) is 3.09. The van der Waals surface area contributed by atoms with Crippen LogP contribution in [0.25, 0.3) is 0 Å². The molecule has 1 amide bonds. The van der Waals surface area contributed by atoms with Gasteiger partial charge in [-0.15, -0.1) is 0 Å². The molecule has 0 unspecified atom stereocenters. The topological polar surface area (TPSA) is 47.6 Å². The molecule has 3 rings (SSSR count). The fourth-order valence-corrected chi connectivity index (χ4v) is 2.82. The zero-order valence-electron chi connectivity index (χ0n) is 14.2. The summed E-state index contributed by atoms with van der Waals surface area (Å²) in [6.07, 6.45) is 2.35. The van der Waals surface area contributed by atoms with E-state index in [9.17, 15) is 4.79 Å². The Kier molecular flexibility index (Phi) is 5.16. The van der Waals surface area contributed by atoms with Crippen LogP contribution < -0.4 is 10.1 Å². The van der Waals surface area contributed by atoms with Gasteiger partial charge in [0, 0.05) is 17.9 Å². The lowest BCUT2D eigenvalue weighted by molar-refractivity contribution is 0.0679. The molecule has 1 aliphatic heterocycles. The minimum absolute atomic E-state index is 0.118. The SMILES string of the molecule is Cc1ccc(NC(=O)c2ccc(OC[C@@H]3CCCO3)cc2)c(C)c1. The Morgan fingerprint density at radius 1 is 1.21 bits per heavy atom. The third-order valence-electron chi connectivity index (χ3n) is 4.21. The highest BCUT2D eigenvalue weighted by atomic mass is 16.5. The van der Waals surface area contributed by atoms with Gasteiger partial charge in [-0.2, -0.15) is 0 Å². The molecule has 1 heterocycles. The second-order valence-corrected chi connectivity index (χ2v) is 6.24. The van der Waals surface area contributed by atoms with Crippen LogP contribution in [-0.4, -0.2) is 25.2 Å². The van der Waals surface area contributed by atoms with Crippen LogP contribution in [0.1, 0.15) is 34.3 Å². The standard InChI is InChI=1S/C20H23NO3/c1-14-5-10-19(15(2)12-14)21-20(22)16-6-8-17(9-7-16)24-13-18-4-3-11-23-18/h5-10,12,18H,3-4,11,13H2,1-2H3,(H,21,22)/t18-/m0/s1. The summed E-state index contributed by atoms with van der Waals surface area (Å²) >= 11 is 0. The molecule has 4 nitrogen and oxygen atoms in total. The summed E-state index contributed by atoms with van der Waals surface area (Å²) in [5.74, 6) is 0.640. The Balaban J connectivity index is 1.58. The molecule has 1 fully saturated rings. The average molecular weight is 325 g/mol. The van der Waals surface area contributed by atoms with Crippen LogP contribution in [-0.2, 0) is 4.74 Å². The maximum atomic E-state index is 12.4. The summed E-state index contributed by atoms with van der Waals surface area (Å²) in [5, 5.41) is 2.95. The van der Waals surface area contributed by atoms with Crippen LogP contribution in [0.15, 0.2) is 42.5 Å². The van der Waals surface area contributed by atoms with Gasteiger partial charge in [-0.3, -0.25) is 4.79 Å². The first kappa shape index (κ1) is 16.5. The number of nitrogens with one attached hydrogen (secondary N) is 1. The molecule has 2 aromatic carbocycles. The molecule has 0 aliphatic carbocycles. The lowest BCUT2D eigenvalue weighted by Gasteiger charge is -2.12. The summed E-state index contributed by atoms with van der Waals surface area (Å²) in [7, 11) is 0. The molecule has 126 valence electrons. The van der Waals surface area contributed by atoms with E-state index in [1.54, 1.807) is 12.1 Å². The van der Waals surface area contributed by atoms with Gasteiger partial charge in [0.1, 0.15) is 12.4 Å². The molecule has 0 aromatic heterocycles. The second-order valence-electron chi connectivity index (χ2n) is 6.24. The highest BCUT2D eigenvalue weighted by Gasteiger charge is 2.16. The van der Waals surface area contributed by atoms with Crippen molar-refractivity contribution in [1.29, 1.82) is 0 Å². The maximum Gasteiger partial charge on any atom is 0.255 e. The van der Waals surface area contributed by atoms with E-state index >= 15 is 0 Å². The highest BCUT2D eigenvalue weighted by Crippen LogP contribution is 2.19. The van der Waals surface area contributed by atoms with Crippen molar-refractivity contribution < 1.29 is 14.3 Å². The monoisotopic (exact) mass is 325 g/mol. The number of ether oxygens (including phenoxy) is 2. The normalized spacial score (nSPS) is 16.8. The smallest absolute Gasteiger partial charge is 0.255 e. The van der Waals surface area contributed by atoms with Crippen molar-refractivity contribution in [3.05, 3.63) is 59.2 Å². The van der Waals surface area contributed by atoms with E-state index in [1.807, 2.05) is 38.1 Å². The van der Waals surface area contributed by atoms with Crippen LogP contribution in [0, 0.1) is 13.8 Å². The predicted molar refractivity (Wildman–Crippen MR) is 94.8 cm³/mol. The van der Waals surface area contributed by atoms with Crippen LogP contribution in [0.5, 0.6) is 5.75 Å². The molecule has 2 aromatic rings. The molecule has 0 saturated carbocycles. The van der Waals surface area contributed by atoms with Crippen molar-refractivity contribution in [1.82, 2.24) is 0 Å². The Bertz CT molecular complexity index is 703. The van der Waals surface area contributed by atoms with E-state index in [0.717, 1.165) is 36.4 Å². The number of benzene rings is 2. The van der Waals surface area contributed by atoms with Crippen LogP contribution in [0.4, 0.5) is 5.69 Å². The van der Waals surface area contributed by atoms with Gasteiger partial charge in [0.25, 0.3) is 5.91 Å². The molecule has 1 atom stereocenters. The number of hydrogen-bond acceptors (Lipinski definition) is 3. The summed E-state index contributed by atoms with van der Waals surface area (Å²) in [6, 6.07) is 13.2.